The lowest BCUT2D eigenvalue weighted by Crippen LogP contribution is -2.34. The molecule has 2 rings (SSSR count). The number of carbonyl (C=O) groups excluding carboxylic acids is 2. The molecule has 0 radical (unpaired) electrons. The van der Waals surface area contributed by atoms with Crippen molar-refractivity contribution in [1.82, 2.24) is 10.2 Å². The normalized spacial score (nSPS) is 10.9. The maximum absolute atomic E-state index is 12.2. The number of benzene rings is 2. The van der Waals surface area contributed by atoms with Crippen LogP contribution in [0.2, 0.25) is 0 Å². The summed E-state index contributed by atoms with van der Waals surface area (Å²) in [5, 5.41) is 5.70. The van der Waals surface area contributed by atoms with E-state index >= 15 is 0 Å². The number of carbonyl (C=O) groups is 2. The highest BCUT2D eigenvalue weighted by molar-refractivity contribution is 6.02. The number of likely N-dealkylation sites (N-methyl/N-ethyl adjacent to an activating group) is 1. The SMILES string of the molecule is CCN(CC)CCNC(=O)c1ccc(NC(=O)/C=C/c2ccc(OC)c(OC)c2)cc1. The molecule has 31 heavy (non-hydrogen) atoms. The number of amides is 2. The molecule has 2 N–H and O–H groups in total. The largest absolute Gasteiger partial charge is 0.493 e. The standard InChI is InChI=1S/C24H31N3O4/c1-5-27(6-2)16-15-25-24(29)19-9-11-20(12-10-19)26-23(28)14-8-18-7-13-21(30-3)22(17-18)31-4/h7-14,17H,5-6,15-16H2,1-4H3,(H,25,29)(H,26,28)/b14-8+. The van der Waals surface area contributed by atoms with Gasteiger partial charge in [-0.25, -0.2) is 0 Å². The summed E-state index contributed by atoms with van der Waals surface area (Å²) < 4.78 is 10.5. The number of anilines is 1. The van der Waals surface area contributed by atoms with E-state index in [4.69, 9.17) is 9.47 Å². The van der Waals surface area contributed by atoms with Crippen LogP contribution in [0.15, 0.2) is 48.5 Å². The van der Waals surface area contributed by atoms with Crippen molar-refractivity contribution in [2.24, 2.45) is 0 Å². The smallest absolute Gasteiger partial charge is 0.251 e. The third kappa shape index (κ3) is 7.46. The highest BCUT2D eigenvalue weighted by Crippen LogP contribution is 2.27. The molecule has 0 bridgehead atoms. The van der Waals surface area contributed by atoms with E-state index in [1.54, 1.807) is 56.7 Å². The molecule has 0 aliphatic rings. The Hall–Kier alpha value is -3.32. The molecule has 0 aliphatic heterocycles. The predicted octanol–water partition coefficient (Wildman–Crippen LogP) is 3.43. The second-order valence-corrected chi connectivity index (χ2v) is 6.80. The number of hydrogen-bond donors (Lipinski definition) is 2. The van der Waals surface area contributed by atoms with E-state index in [1.165, 1.54) is 6.08 Å². The van der Waals surface area contributed by atoms with Gasteiger partial charge in [0.2, 0.25) is 5.91 Å². The van der Waals surface area contributed by atoms with Crippen molar-refractivity contribution in [2.75, 3.05) is 45.7 Å². The summed E-state index contributed by atoms with van der Waals surface area (Å²) in [4.78, 5) is 26.7. The summed E-state index contributed by atoms with van der Waals surface area (Å²) in [6.07, 6.45) is 3.13. The van der Waals surface area contributed by atoms with Crippen molar-refractivity contribution in [3.8, 4) is 11.5 Å². The van der Waals surface area contributed by atoms with Crippen LogP contribution >= 0.6 is 0 Å². The van der Waals surface area contributed by atoms with E-state index in [0.29, 0.717) is 29.3 Å². The Morgan fingerprint density at radius 1 is 0.968 bits per heavy atom. The van der Waals surface area contributed by atoms with Gasteiger partial charge in [-0.1, -0.05) is 19.9 Å². The first-order chi connectivity index (χ1) is 15.0. The Morgan fingerprint density at radius 2 is 1.65 bits per heavy atom. The quantitative estimate of drug-likeness (QED) is 0.539. The minimum atomic E-state index is -0.272. The van der Waals surface area contributed by atoms with Gasteiger partial charge in [0.15, 0.2) is 11.5 Å². The fraction of sp³-hybridized carbons (Fsp3) is 0.333. The van der Waals surface area contributed by atoms with Gasteiger partial charge in [0.05, 0.1) is 14.2 Å². The average molecular weight is 426 g/mol. The van der Waals surface area contributed by atoms with Crippen LogP contribution in [0.1, 0.15) is 29.8 Å². The molecule has 0 saturated carbocycles. The van der Waals surface area contributed by atoms with Crippen LogP contribution in [-0.4, -0.2) is 57.1 Å². The molecule has 0 unspecified atom stereocenters. The zero-order chi connectivity index (χ0) is 22.6. The van der Waals surface area contributed by atoms with E-state index in [2.05, 4.69) is 29.4 Å². The first kappa shape index (κ1) is 24.0. The second-order valence-electron chi connectivity index (χ2n) is 6.80. The maximum Gasteiger partial charge on any atom is 0.251 e. The van der Waals surface area contributed by atoms with Crippen molar-refractivity contribution in [1.29, 1.82) is 0 Å². The van der Waals surface area contributed by atoms with Crippen LogP contribution in [-0.2, 0) is 4.79 Å². The van der Waals surface area contributed by atoms with Crippen LogP contribution in [0.5, 0.6) is 11.5 Å². The van der Waals surface area contributed by atoms with E-state index in [0.717, 1.165) is 25.2 Å². The average Bonchev–Trinajstić information content (AvgIpc) is 2.80. The molecule has 0 fully saturated rings. The number of nitrogens with zero attached hydrogens (tertiary/aromatic N) is 1. The highest BCUT2D eigenvalue weighted by Gasteiger charge is 2.07. The van der Waals surface area contributed by atoms with Gasteiger partial charge in [-0.05, 0) is 61.1 Å². The van der Waals surface area contributed by atoms with Crippen LogP contribution in [0, 0.1) is 0 Å². The van der Waals surface area contributed by atoms with Gasteiger partial charge in [-0.15, -0.1) is 0 Å². The number of hydrogen-bond acceptors (Lipinski definition) is 5. The van der Waals surface area contributed by atoms with Crippen LogP contribution in [0.3, 0.4) is 0 Å². The molecule has 2 amide bonds. The van der Waals surface area contributed by atoms with Crippen LogP contribution in [0.25, 0.3) is 6.08 Å². The molecule has 0 aliphatic carbocycles. The minimum absolute atomic E-state index is 0.126. The summed E-state index contributed by atoms with van der Waals surface area (Å²) in [5.74, 6) is 0.821. The van der Waals surface area contributed by atoms with Gasteiger partial charge < -0.3 is 25.0 Å². The van der Waals surface area contributed by atoms with Crippen LogP contribution in [0.4, 0.5) is 5.69 Å². The van der Waals surface area contributed by atoms with Crippen molar-refractivity contribution in [3.05, 3.63) is 59.7 Å². The summed E-state index contributed by atoms with van der Waals surface area (Å²) in [6.45, 7) is 7.53. The maximum atomic E-state index is 12.2. The number of methoxy groups -OCH3 is 2. The van der Waals surface area contributed by atoms with E-state index < -0.39 is 0 Å². The van der Waals surface area contributed by atoms with E-state index in [9.17, 15) is 9.59 Å². The van der Waals surface area contributed by atoms with Gasteiger partial charge in [0, 0.05) is 30.4 Å². The molecular formula is C24H31N3O4. The molecule has 0 aromatic heterocycles. The Kier molecular flexibility index (Phi) is 9.58. The summed E-state index contributed by atoms with van der Waals surface area (Å²) >= 11 is 0. The molecule has 2 aromatic rings. The zero-order valence-electron chi connectivity index (χ0n) is 18.6. The number of ether oxygens (including phenoxy) is 2. The molecule has 7 heteroatoms. The Balaban J connectivity index is 1.88. The third-order valence-electron chi connectivity index (χ3n) is 4.86. The lowest BCUT2D eigenvalue weighted by molar-refractivity contribution is -0.111. The first-order valence-electron chi connectivity index (χ1n) is 10.3. The molecule has 0 heterocycles. The predicted molar refractivity (Wildman–Crippen MR) is 124 cm³/mol. The van der Waals surface area contributed by atoms with Crippen molar-refractivity contribution >= 4 is 23.6 Å². The lowest BCUT2D eigenvalue weighted by atomic mass is 10.1. The molecule has 0 saturated heterocycles. The van der Waals surface area contributed by atoms with Crippen molar-refractivity contribution < 1.29 is 19.1 Å². The Bertz CT molecular complexity index is 890. The highest BCUT2D eigenvalue weighted by atomic mass is 16.5. The van der Waals surface area contributed by atoms with Crippen molar-refractivity contribution in [2.45, 2.75) is 13.8 Å². The molecule has 7 nitrogen and oxygen atoms in total. The van der Waals surface area contributed by atoms with E-state index in [-0.39, 0.29) is 11.8 Å². The Labute approximate surface area is 184 Å². The lowest BCUT2D eigenvalue weighted by Gasteiger charge is -2.17. The Morgan fingerprint density at radius 3 is 2.26 bits per heavy atom. The molecule has 0 spiro atoms. The van der Waals surface area contributed by atoms with Gasteiger partial charge in [0.25, 0.3) is 5.91 Å². The van der Waals surface area contributed by atoms with E-state index in [1.807, 2.05) is 6.07 Å². The molecule has 2 aromatic carbocycles. The fourth-order valence-corrected chi connectivity index (χ4v) is 2.99. The summed E-state index contributed by atoms with van der Waals surface area (Å²) in [6, 6.07) is 12.2. The minimum Gasteiger partial charge on any atom is -0.493 e. The number of rotatable bonds is 11. The fourth-order valence-electron chi connectivity index (χ4n) is 2.99. The zero-order valence-corrected chi connectivity index (χ0v) is 18.6. The molecular weight excluding hydrogens is 394 g/mol. The van der Waals surface area contributed by atoms with Gasteiger partial charge in [-0.2, -0.15) is 0 Å². The first-order valence-corrected chi connectivity index (χ1v) is 10.3. The van der Waals surface area contributed by atoms with Crippen molar-refractivity contribution in [3.63, 3.8) is 0 Å². The monoisotopic (exact) mass is 425 g/mol. The summed E-state index contributed by atoms with van der Waals surface area (Å²) in [5.41, 5.74) is 1.98. The molecule has 166 valence electrons. The number of nitrogens with one attached hydrogen (secondary N) is 2. The topological polar surface area (TPSA) is 79.9 Å². The summed E-state index contributed by atoms with van der Waals surface area (Å²) in [7, 11) is 3.13. The molecule has 0 atom stereocenters. The third-order valence-corrected chi connectivity index (χ3v) is 4.86. The van der Waals surface area contributed by atoms with Gasteiger partial charge in [-0.3, -0.25) is 9.59 Å². The van der Waals surface area contributed by atoms with Gasteiger partial charge in [0.1, 0.15) is 0 Å². The van der Waals surface area contributed by atoms with Gasteiger partial charge >= 0.3 is 0 Å². The van der Waals surface area contributed by atoms with Crippen LogP contribution < -0.4 is 20.1 Å². The second kappa shape index (κ2) is 12.4.